The van der Waals surface area contributed by atoms with Gasteiger partial charge < -0.3 is 9.47 Å². The molecule has 0 spiro atoms. The first-order valence-electron chi connectivity index (χ1n) is 8.11. The normalized spacial score (nSPS) is 10.7. The van der Waals surface area contributed by atoms with Crippen LogP contribution in [-0.4, -0.2) is 45.0 Å². The van der Waals surface area contributed by atoms with Gasteiger partial charge in [-0.15, -0.1) is 5.10 Å². The molecule has 0 aliphatic carbocycles. The Morgan fingerprint density at radius 3 is 2.15 bits per heavy atom. The molecule has 0 saturated carbocycles. The van der Waals surface area contributed by atoms with E-state index < -0.39 is 0 Å². The highest BCUT2D eigenvalue weighted by molar-refractivity contribution is 6.13. The van der Waals surface area contributed by atoms with Gasteiger partial charge in [-0.3, -0.25) is 4.79 Å². The maximum absolute atomic E-state index is 12.9. The summed E-state index contributed by atoms with van der Waals surface area (Å²) in [6.07, 6.45) is 1.34. The van der Waals surface area contributed by atoms with Crippen LogP contribution >= 0.6 is 0 Å². The lowest BCUT2D eigenvalue weighted by molar-refractivity contribution is 0.103. The standard InChI is InChI=1S/C19H15N5O3/c1-26-14-7-3-12(4-8-14)18(25)16-17-19(21-11-20-16)24(23-22-17)13-5-9-15(27-2)10-6-13/h3-11H,1-2H3. The van der Waals surface area contributed by atoms with Crippen LogP contribution in [0.2, 0.25) is 0 Å². The van der Waals surface area contributed by atoms with Gasteiger partial charge in [-0.1, -0.05) is 5.21 Å². The van der Waals surface area contributed by atoms with Crippen LogP contribution < -0.4 is 9.47 Å². The van der Waals surface area contributed by atoms with E-state index in [4.69, 9.17) is 9.47 Å². The van der Waals surface area contributed by atoms with Crippen molar-refractivity contribution in [2.24, 2.45) is 0 Å². The number of carbonyl (C=O) groups is 1. The zero-order valence-electron chi connectivity index (χ0n) is 14.7. The van der Waals surface area contributed by atoms with Crippen LogP contribution in [0.4, 0.5) is 0 Å². The van der Waals surface area contributed by atoms with E-state index in [1.54, 1.807) is 43.2 Å². The van der Waals surface area contributed by atoms with Gasteiger partial charge in [-0.25, -0.2) is 9.97 Å². The van der Waals surface area contributed by atoms with Gasteiger partial charge in [0, 0.05) is 5.56 Å². The van der Waals surface area contributed by atoms with Gasteiger partial charge in [0.2, 0.25) is 5.78 Å². The van der Waals surface area contributed by atoms with Crippen LogP contribution in [-0.2, 0) is 0 Å². The smallest absolute Gasteiger partial charge is 0.213 e. The second-order valence-electron chi connectivity index (χ2n) is 5.65. The highest BCUT2D eigenvalue weighted by atomic mass is 16.5. The number of benzene rings is 2. The number of hydrogen-bond acceptors (Lipinski definition) is 7. The Kier molecular flexibility index (Phi) is 4.21. The Hall–Kier alpha value is -3.81. The van der Waals surface area contributed by atoms with Crippen molar-refractivity contribution in [1.82, 2.24) is 25.0 Å². The number of aromatic nitrogens is 5. The van der Waals surface area contributed by atoms with Gasteiger partial charge in [0.25, 0.3) is 0 Å². The Morgan fingerprint density at radius 2 is 1.52 bits per heavy atom. The Bertz CT molecular complexity index is 1100. The summed E-state index contributed by atoms with van der Waals surface area (Å²) < 4.78 is 11.8. The molecule has 0 aliphatic heterocycles. The predicted octanol–water partition coefficient (Wildman–Crippen LogP) is 2.46. The van der Waals surface area contributed by atoms with Crippen LogP contribution in [0.1, 0.15) is 16.1 Å². The van der Waals surface area contributed by atoms with Crippen LogP contribution in [0.5, 0.6) is 11.5 Å². The molecule has 0 bridgehead atoms. The molecule has 0 unspecified atom stereocenters. The topological polar surface area (TPSA) is 92.0 Å². The van der Waals surface area contributed by atoms with Gasteiger partial charge in [0.1, 0.15) is 23.5 Å². The van der Waals surface area contributed by atoms with E-state index in [0.717, 1.165) is 11.4 Å². The van der Waals surface area contributed by atoms with Crippen molar-refractivity contribution >= 4 is 16.9 Å². The number of rotatable bonds is 5. The summed E-state index contributed by atoms with van der Waals surface area (Å²) in [4.78, 5) is 21.2. The van der Waals surface area contributed by atoms with Gasteiger partial charge >= 0.3 is 0 Å². The molecule has 134 valence electrons. The third kappa shape index (κ3) is 2.97. The summed E-state index contributed by atoms with van der Waals surface area (Å²) >= 11 is 0. The molecule has 0 atom stereocenters. The molecule has 27 heavy (non-hydrogen) atoms. The predicted molar refractivity (Wildman–Crippen MR) is 97.4 cm³/mol. The first-order valence-corrected chi connectivity index (χ1v) is 8.11. The van der Waals surface area contributed by atoms with Crippen molar-refractivity contribution in [3.05, 3.63) is 66.1 Å². The van der Waals surface area contributed by atoms with Gasteiger partial charge in [-0.2, -0.15) is 4.68 Å². The first-order chi connectivity index (χ1) is 13.2. The molecule has 4 rings (SSSR count). The van der Waals surface area contributed by atoms with Crippen molar-refractivity contribution in [1.29, 1.82) is 0 Å². The summed E-state index contributed by atoms with van der Waals surface area (Å²) in [5.41, 5.74) is 2.22. The molecule has 0 saturated heterocycles. The number of ketones is 1. The quantitative estimate of drug-likeness (QED) is 0.504. The minimum absolute atomic E-state index is 0.199. The fraction of sp³-hybridized carbons (Fsp3) is 0.105. The van der Waals surface area contributed by atoms with E-state index >= 15 is 0 Å². The van der Waals surface area contributed by atoms with E-state index in [0.29, 0.717) is 22.5 Å². The minimum atomic E-state index is -0.258. The molecule has 8 heteroatoms. The number of fused-ring (bicyclic) bond motifs is 1. The SMILES string of the molecule is COc1ccc(C(=O)c2ncnc3c2nnn3-c2ccc(OC)cc2)cc1. The number of nitrogens with zero attached hydrogens (tertiary/aromatic N) is 5. The van der Waals surface area contributed by atoms with Crippen LogP contribution in [0.3, 0.4) is 0 Å². The van der Waals surface area contributed by atoms with Gasteiger partial charge in [0.15, 0.2) is 11.2 Å². The molecule has 4 aromatic rings. The molecule has 2 heterocycles. The number of ether oxygens (including phenoxy) is 2. The summed E-state index contributed by atoms with van der Waals surface area (Å²) in [5.74, 6) is 1.14. The Balaban J connectivity index is 1.76. The molecule has 0 radical (unpaired) electrons. The first kappa shape index (κ1) is 16.6. The Labute approximate surface area is 154 Å². The molecule has 0 N–H and O–H groups in total. The largest absolute Gasteiger partial charge is 0.497 e. The molecule has 2 aromatic heterocycles. The maximum Gasteiger partial charge on any atom is 0.213 e. The highest BCUT2D eigenvalue weighted by Gasteiger charge is 2.19. The monoisotopic (exact) mass is 361 g/mol. The summed E-state index contributed by atoms with van der Waals surface area (Å²) in [6, 6.07) is 14.1. The number of carbonyl (C=O) groups excluding carboxylic acids is 1. The lowest BCUT2D eigenvalue weighted by atomic mass is 10.1. The zero-order valence-corrected chi connectivity index (χ0v) is 14.7. The van der Waals surface area contributed by atoms with Crippen LogP contribution in [0, 0.1) is 0 Å². The van der Waals surface area contributed by atoms with E-state index in [-0.39, 0.29) is 11.5 Å². The van der Waals surface area contributed by atoms with E-state index in [9.17, 15) is 4.79 Å². The average Bonchev–Trinajstić information content (AvgIpc) is 3.17. The number of hydrogen-bond donors (Lipinski definition) is 0. The van der Waals surface area contributed by atoms with Gasteiger partial charge in [0.05, 0.1) is 19.9 Å². The summed E-state index contributed by atoms with van der Waals surface area (Å²) in [7, 11) is 3.17. The molecule has 0 amide bonds. The van der Waals surface area contributed by atoms with Crippen molar-refractivity contribution in [2.75, 3.05) is 14.2 Å². The van der Waals surface area contributed by atoms with Crippen molar-refractivity contribution in [2.45, 2.75) is 0 Å². The van der Waals surface area contributed by atoms with Crippen LogP contribution in [0.25, 0.3) is 16.9 Å². The van der Waals surface area contributed by atoms with Crippen molar-refractivity contribution in [3.63, 3.8) is 0 Å². The molecule has 8 nitrogen and oxygen atoms in total. The lowest BCUT2D eigenvalue weighted by Crippen LogP contribution is -2.06. The molecule has 0 fully saturated rings. The third-order valence-electron chi connectivity index (χ3n) is 4.12. The molecule has 2 aromatic carbocycles. The van der Waals surface area contributed by atoms with E-state index in [2.05, 4.69) is 20.3 Å². The second kappa shape index (κ2) is 6.83. The zero-order chi connectivity index (χ0) is 18.8. The number of methoxy groups -OCH3 is 2. The van der Waals surface area contributed by atoms with Crippen molar-refractivity contribution in [3.8, 4) is 17.2 Å². The highest BCUT2D eigenvalue weighted by Crippen LogP contribution is 2.21. The molecular weight excluding hydrogens is 346 g/mol. The van der Waals surface area contributed by atoms with Crippen molar-refractivity contribution < 1.29 is 14.3 Å². The van der Waals surface area contributed by atoms with Gasteiger partial charge in [-0.05, 0) is 48.5 Å². The maximum atomic E-state index is 12.9. The molecule has 0 aliphatic rings. The fourth-order valence-corrected chi connectivity index (χ4v) is 2.69. The van der Waals surface area contributed by atoms with E-state index in [1.165, 1.54) is 6.33 Å². The fourth-order valence-electron chi connectivity index (χ4n) is 2.69. The van der Waals surface area contributed by atoms with E-state index in [1.807, 2.05) is 24.3 Å². The van der Waals surface area contributed by atoms with Crippen LogP contribution in [0.15, 0.2) is 54.9 Å². The lowest BCUT2D eigenvalue weighted by Gasteiger charge is -2.04. The molecular formula is C19H15N5O3. The average molecular weight is 361 g/mol. The Morgan fingerprint density at radius 1 is 0.889 bits per heavy atom. The minimum Gasteiger partial charge on any atom is -0.497 e. The summed E-state index contributed by atoms with van der Waals surface area (Å²) in [6.45, 7) is 0. The summed E-state index contributed by atoms with van der Waals surface area (Å²) in [5, 5.41) is 8.27. The third-order valence-corrected chi connectivity index (χ3v) is 4.12. The second-order valence-corrected chi connectivity index (χ2v) is 5.65.